The number of hydrogen-bond donors (Lipinski definition) is 0. The Morgan fingerprint density at radius 2 is 1.19 bits per heavy atom. The van der Waals surface area contributed by atoms with Crippen molar-refractivity contribution in [2.45, 2.75) is 6.92 Å². The molecule has 0 aliphatic heterocycles. The van der Waals surface area contributed by atoms with Crippen LogP contribution in [0, 0.1) is 6.92 Å². The summed E-state index contributed by atoms with van der Waals surface area (Å²) in [4.78, 5) is 0. The lowest BCUT2D eigenvalue weighted by molar-refractivity contribution is 1.23. The Labute approximate surface area is 103 Å². The number of aryl methyl sites for hydroxylation is 1. The lowest BCUT2D eigenvalue weighted by Crippen LogP contribution is -1.68. The van der Waals surface area contributed by atoms with Gasteiger partial charge in [-0.1, -0.05) is 33.6 Å². The molecule has 0 aromatic heterocycles. The second-order valence-electron chi connectivity index (χ2n) is 3.51. The average Bonchev–Trinajstić information content (AvgIpc) is 2.30. The van der Waals surface area contributed by atoms with Crippen LogP contribution in [0.3, 0.4) is 0 Å². The van der Waals surface area contributed by atoms with Gasteiger partial charge in [-0.05, 0) is 43.3 Å². The molecule has 2 aromatic carbocycles. The molecule has 3 heteroatoms. The molecule has 0 unspecified atom stereocenters. The minimum absolute atomic E-state index is 0.851. The molecule has 0 fully saturated rings. The first-order chi connectivity index (χ1) is 7.74. The maximum atomic E-state index is 4.16. The summed E-state index contributed by atoms with van der Waals surface area (Å²) in [5.74, 6) is 0. The molecule has 0 bridgehead atoms. The molecule has 0 saturated heterocycles. The molecule has 0 aliphatic rings. The van der Waals surface area contributed by atoms with Gasteiger partial charge in [-0.2, -0.15) is 10.2 Å². The Morgan fingerprint density at radius 1 is 0.750 bits per heavy atom. The third-order valence-corrected chi connectivity index (χ3v) is 2.67. The number of benzene rings is 2. The van der Waals surface area contributed by atoms with Crippen LogP contribution in [0.5, 0.6) is 0 Å². The standard InChI is InChI=1S/C13H11BrN2/c1-10-2-6-12(7-3-10)15-16-13-8-4-11(14)5-9-13/h2-9H,1H3. The summed E-state index contributed by atoms with van der Waals surface area (Å²) in [6.45, 7) is 2.05. The SMILES string of the molecule is Cc1ccc(N=Nc2ccc(Br)cc2)cc1. The zero-order valence-electron chi connectivity index (χ0n) is 8.89. The third kappa shape index (κ3) is 3.00. The fourth-order valence-electron chi connectivity index (χ4n) is 1.23. The van der Waals surface area contributed by atoms with Gasteiger partial charge in [-0.3, -0.25) is 0 Å². The van der Waals surface area contributed by atoms with E-state index in [2.05, 4.69) is 33.1 Å². The molecule has 0 radical (unpaired) electrons. The number of azo groups is 1. The highest BCUT2D eigenvalue weighted by atomic mass is 79.9. The van der Waals surface area contributed by atoms with Crippen LogP contribution in [-0.4, -0.2) is 0 Å². The summed E-state index contributed by atoms with van der Waals surface area (Å²) < 4.78 is 1.04. The molecule has 0 amide bonds. The Kier molecular flexibility index (Phi) is 3.47. The van der Waals surface area contributed by atoms with Crippen LogP contribution in [0.15, 0.2) is 63.2 Å². The van der Waals surface area contributed by atoms with E-state index in [0.717, 1.165) is 15.8 Å². The van der Waals surface area contributed by atoms with E-state index < -0.39 is 0 Å². The molecule has 16 heavy (non-hydrogen) atoms. The maximum Gasteiger partial charge on any atom is 0.0857 e. The van der Waals surface area contributed by atoms with Crippen molar-refractivity contribution < 1.29 is 0 Å². The van der Waals surface area contributed by atoms with E-state index in [1.54, 1.807) is 0 Å². The van der Waals surface area contributed by atoms with Crippen molar-refractivity contribution in [2.24, 2.45) is 10.2 Å². The largest absolute Gasteiger partial charge is 0.151 e. The first kappa shape index (κ1) is 11.0. The van der Waals surface area contributed by atoms with Gasteiger partial charge in [0.25, 0.3) is 0 Å². The van der Waals surface area contributed by atoms with Gasteiger partial charge in [0.2, 0.25) is 0 Å². The number of hydrogen-bond acceptors (Lipinski definition) is 2. The van der Waals surface area contributed by atoms with Crippen molar-refractivity contribution in [1.29, 1.82) is 0 Å². The van der Waals surface area contributed by atoms with E-state index in [4.69, 9.17) is 0 Å². The van der Waals surface area contributed by atoms with Crippen LogP contribution >= 0.6 is 15.9 Å². The van der Waals surface area contributed by atoms with Gasteiger partial charge in [0, 0.05) is 4.47 Å². The minimum Gasteiger partial charge on any atom is -0.151 e. The summed E-state index contributed by atoms with van der Waals surface area (Å²) in [7, 11) is 0. The van der Waals surface area contributed by atoms with Gasteiger partial charge >= 0.3 is 0 Å². The van der Waals surface area contributed by atoms with Gasteiger partial charge in [0.05, 0.1) is 11.4 Å². The molecule has 0 spiro atoms. The first-order valence-electron chi connectivity index (χ1n) is 4.98. The molecule has 0 saturated carbocycles. The smallest absolute Gasteiger partial charge is 0.0857 e. The van der Waals surface area contributed by atoms with Crippen molar-refractivity contribution in [3.05, 3.63) is 58.6 Å². The quantitative estimate of drug-likeness (QED) is 0.675. The highest BCUT2D eigenvalue weighted by Gasteiger charge is 1.91. The van der Waals surface area contributed by atoms with Crippen LogP contribution in [-0.2, 0) is 0 Å². The highest BCUT2D eigenvalue weighted by Crippen LogP contribution is 2.20. The molecule has 0 aliphatic carbocycles. The van der Waals surface area contributed by atoms with Crippen molar-refractivity contribution in [2.75, 3.05) is 0 Å². The lowest BCUT2D eigenvalue weighted by Gasteiger charge is -1.94. The van der Waals surface area contributed by atoms with E-state index in [9.17, 15) is 0 Å². The Bertz CT molecular complexity index is 439. The normalized spacial score (nSPS) is 10.9. The number of rotatable bonds is 2. The summed E-state index contributed by atoms with van der Waals surface area (Å²) >= 11 is 3.38. The molecule has 0 heterocycles. The summed E-state index contributed by atoms with van der Waals surface area (Å²) in [6.07, 6.45) is 0. The first-order valence-corrected chi connectivity index (χ1v) is 5.77. The van der Waals surface area contributed by atoms with Crippen molar-refractivity contribution >= 4 is 27.3 Å². The van der Waals surface area contributed by atoms with Crippen LogP contribution in [0.2, 0.25) is 0 Å². The van der Waals surface area contributed by atoms with Gasteiger partial charge < -0.3 is 0 Å². The van der Waals surface area contributed by atoms with Crippen molar-refractivity contribution in [3.8, 4) is 0 Å². The molecule has 2 nitrogen and oxygen atoms in total. The monoisotopic (exact) mass is 274 g/mol. The van der Waals surface area contributed by atoms with Crippen molar-refractivity contribution in [3.63, 3.8) is 0 Å². The fourth-order valence-corrected chi connectivity index (χ4v) is 1.50. The zero-order valence-corrected chi connectivity index (χ0v) is 10.5. The summed E-state index contributed by atoms with van der Waals surface area (Å²) in [5, 5.41) is 8.31. The lowest BCUT2D eigenvalue weighted by atomic mass is 10.2. The zero-order chi connectivity index (χ0) is 11.4. The van der Waals surface area contributed by atoms with Crippen molar-refractivity contribution in [1.82, 2.24) is 0 Å². The second-order valence-corrected chi connectivity index (χ2v) is 4.43. The van der Waals surface area contributed by atoms with Crippen LogP contribution in [0.25, 0.3) is 0 Å². The van der Waals surface area contributed by atoms with E-state index in [-0.39, 0.29) is 0 Å². The van der Waals surface area contributed by atoms with E-state index in [1.165, 1.54) is 5.56 Å². The molecule has 80 valence electrons. The Balaban J connectivity index is 2.15. The van der Waals surface area contributed by atoms with E-state index in [1.807, 2.05) is 48.5 Å². The van der Waals surface area contributed by atoms with Gasteiger partial charge in [-0.15, -0.1) is 0 Å². The van der Waals surface area contributed by atoms with Gasteiger partial charge in [-0.25, -0.2) is 0 Å². The number of nitrogens with zero attached hydrogens (tertiary/aromatic N) is 2. The molecule has 0 N–H and O–H groups in total. The predicted octanol–water partition coefficient (Wildman–Crippen LogP) is 5.17. The van der Waals surface area contributed by atoms with Gasteiger partial charge in [0.15, 0.2) is 0 Å². The van der Waals surface area contributed by atoms with Gasteiger partial charge in [0.1, 0.15) is 0 Å². The van der Waals surface area contributed by atoms with E-state index >= 15 is 0 Å². The summed E-state index contributed by atoms with van der Waals surface area (Å²) in [5.41, 5.74) is 2.94. The minimum atomic E-state index is 0.851. The topological polar surface area (TPSA) is 24.7 Å². The Hall–Kier alpha value is -1.48. The molecular weight excluding hydrogens is 264 g/mol. The van der Waals surface area contributed by atoms with Crippen LogP contribution in [0.1, 0.15) is 5.56 Å². The maximum absolute atomic E-state index is 4.16. The van der Waals surface area contributed by atoms with Crippen LogP contribution < -0.4 is 0 Å². The average molecular weight is 275 g/mol. The predicted molar refractivity (Wildman–Crippen MR) is 69.5 cm³/mol. The van der Waals surface area contributed by atoms with E-state index in [0.29, 0.717) is 0 Å². The molecule has 2 aromatic rings. The molecule has 0 atom stereocenters. The number of halogens is 1. The second kappa shape index (κ2) is 5.03. The molecular formula is C13H11BrN2. The molecule has 2 rings (SSSR count). The highest BCUT2D eigenvalue weighted by molar-refractivity contribution is 9.10. The Morgan fingerprint density at radius 3 is 1.69 bits per heavy atom. The fraction of sp³-hybridized carbons (Fsp3) is 0.0769. The summed E-state index contributed by atoms with van der Waals surface area (Å²) in [6, 6.07) is 15.7. The third-order valence-electron chi connectivity index (χ3n) is 2.14. The van der Waals surface area contributed by atoms with Crippen LogP contribution in [0.4, 0.5) is 11.4 Å².